The Bertz CT molecular complexity index is 905. The Balaban J connectivity index is 1.49. The zero-order valence-electron chi connectivity index (χ0n) is 17.2. The standard InChI is InChI=1S/C21H26N4O4/c1-13-15-7-10-24(16(15)12-25(13)20(27)29-21(2,3)4)19(26)18-23-11-17(28-18)14-5-8-22-9-6-14/h5-6,8-9,11,13,15-16H,7,10,12H2,1-4H3/t13-,15+,16-/m0/s1. The third kappa shape index (κ3) is 3.71. The first-order valence-corrected chi connectivity index (χ1v) is 9.91. The van der Waals surface area contributed by atoms with E-state index in [0.29, 0.717) is 18.8 Å². The van der Waals surface area contributed by atoms with Crippen LogP contribution < -0.4 is 0 Å². The van der Waals surface area contributed by atoms with Gasteiger partial charge in [0.1, 0.15) is 5.60 Å². The molecule has 2 amide bonds. The fourth-order valence-electron chi connectivity index (χ4n) is 4.23. The molecule has 29 heavy (non-hydrogen) atoms. The molecule has 2 aromatic heterocycles. The second-order valence-electron chi connectivity index (χ2n) is 8.66. The minimum atomic E-state index is -0.550. The normalized spacial score (nSPS) is 23.9. The lowest BCUT2D eigenvalue weighted by molar-refractivity contribution is 0.0206. The van der Waals surface area contributed by atoms with Crippen LogP contribution in [-0.2, 0) is 4.74 Å². The molecule has 0 radical (unpaired) electrons. The summed E-state index contributed by atoms with van der Waals surface area (Å²) in [5.41, 5.74) is 0.266. The fraction of sp³-hybridized carbons (Fsp3) is 0.524. The highest BCUT2D eigenvalue weighted by molar-refractivity contribution is 5.90. The monoisotopic (exact) mass is 398 g/mol. The minimum absolute atomic E-state index is 0.0181. The molecule has 154 valence electrons. The zero-order valence-corrected chi connectivity index (χ0v) is 17.2. The van der Waals surface area contributed by atoms with Crippen molar-refractivity contribution in [3.63, 3.8) is 0 Å². The summed E-state index contributed by atoms with van der Waals surface area (Å²) in [7, 11) is 0. The van der Waals surface area contributed by atoms with Crippen molar-refractivity contribution in [1.82, 2.24) is 19.8 Å². The molecule has 0 N–H and O–H groups in total. The highest BCUT2D eigenvalue weighted by Gasteiger charge is 2.50. The van der Waals surface area contributed by atoms with Crippen LogP contribution >= 0.6 is 0 Å². The van der Waals surface area contributed by atoms with Crippen molar-refractivity contribution >= 4 is 12.0 Å². The zero-order chi connectivity index (χ0) is 20.8. The van der Waals surface area contributed by atoms with Crippen LogP contribution in [0.25, 0.3) is 11.3 Å². The van der Waals surface area contributed by atoms with Gasteiger partial charge < -0.3 is 19.0 Å². The van der Waals surface area contributed by atoms with Crippen molar-refractivity contribution in [2.24, 2.45) is 5.92 Å². The number of fused-ring (bicyclic) bond motifs is 1. The van der Waals surface area contributed by atoms with Crippen molar-refractivity contribution in [3.8, 4) is 11.3 Å². The van der Waals surface area contributed by atoms with Crippen molar-refractivity contribution in [1.29, 1.82) is 0 Å². The number of carbonyl (C=O) groups is 2. The Kier molecular flexibility index (Phi) is 4.80. The SMILES string of the molecule is C[C@H]1[C@H]2CCN(C(=O)c3ncc(-c4ccncc4)o3)[C@H]2CN1C(=O)OC(C)(C)C. The number of pyridine rings is 1. The molecule has 0 unspecified atom stereocenters. The van der Waals surface area contributed by atoms with E-state index in [9.17, 15) is 9.59 Å². The number of rotatable bonds is 2. The van der Waals surface area contributed by atoms with E-state index in [0.717, 1.165) is 12.0 Å². The van der Waals surface area contributed by atoms with Gasteiger partial charge in [0.25, 0.3) is 5.89 Å². The molecule has 0 bridgehead atoms. The Labute approximate surface area is 169 Å². The second kappa shape index (κ2) is 7.17. The number of likely N-dealkylation sites (tertiary alicyclic amines) is 2. The summed E-state index contributed by atoms with van der Waals surface area (Å²) in [6, 6.07) is 3.57. The predicted molar refractivity (Wildman–Crippen MR) is 105 cm³/mol. The molecule has 2 aromatic rings. The van der Waals surface area contributed by atoms with Crippen LogP contribution in [0.15, 0.2) is 35.1 Å². The number of hydrogen-bond acceptors (Lipinski definition) is 6. The van der Waals surface area contributed by atoms with E-state index in [1.807, 2.05) is 27.7 Å². The molecule has 2 fully saturated rings. The number of nitrogens with zero attached hydrogens (tertiary/aromatic N) is 4. The Hall–Kier alpha value is -2.90. The maximum Gasteiger partial charge on any atom is 0.410 e. The average Bonchev–Trinajstić information content (AvgIpc) is 3.37. The average molecular weight is 398 g/mol. The maximum atomic E-state index is 13.1. The smallest absolute Gasteiger partial charge is 0.410 e. The van der Waals surface area contributed by atoms with Crippen LogP contribution in [0, 0.1) is 5.92 Å². The summed E-state index contributed by atoms with van der Waals surface area (Å²) in [5, 5.41) is 0. The summed E-state index contributed by atoms with van der Waals surface area (Å²) < 4.78 is 11.3. The van der Waals surface area contributed by atoms with Crippen molar-refractivity contribution < 1.29 is 18.7 Å². The van der Waals surface area contributed by atoms with E-state index < -0.39 is 5.60 Å². The first-order chi connectivity index (χ1) is 13.7. The number of oxazole rings is 1. The number of aromatic nitrogens is 2. The van der Waals surface area contributed by atoms with E-state index in [1.165, 1.54) is 0 Å². The fourth-order valence-corrected chi connectivity index (χ4v) is 4.23. The van der Waals surface area contributed by atoms with E-state index in [1.54, 1.807) is 40.5 Å². The molecule has 2 saturated heterocycles. The van der Waals surface area contributed by atoms with Gasteiger partial charge in [0.15, 0.2) is 5.76 Å². The Morgan fingerprint density at radius 2 is 1.93 bits per heavy atom. The quantitative estimate of drug-likeness (QED) is 0.772. The third-order valence-electron chi connectivity index (χ3n) is 5.64. The topological polar surface area (TPSA) is 88.8 Å². The lowest BCUT2D eigenvalue weighted by Crippen LogP contribution is -2.43. The van der Waals surface area contributed by atoms with E-state index in [4.69, 9.17) is 9.15 Å². The molecule has 4 rings (SSSR count). The van der Waals surface area contributed by atoms with Gasteiger partial charge in [-0.05, 0) is 46.2 Å². The van der Waals surface area contributed by atoms with Gasteiger partial charge in [-0.1, -0.05) is 0 Å². The van der Waals surface area contributed by atoms with Crippen LogP contribution in [0.5, 0.6) is 0 Å². The molecule has 3 atom stereocenters. The summed E-state index contributed by atoms with van der Waals surface area (Å²) in [5.74, 6) is 0.583. The predicted octanol–water partition coefficient (Wildman–Crippen LogP) is 3.21. The molecule has 0 aliphatic carbocycles. The van der Waals surface area contributed by atoms with Gasteiger partial charge in [0.05, 0.1) is 12.2 Å². The van der Waals surface area contributed by atoms with Crippen LogP contribution in [0.3, 0.4) is 0 Å². The molecule has 0 spiro atoms. The van der Waals surface area contributed by atoms with Gasteiger partial charge in [-0.2, -0.15) is 0 Å². The Morgan fingerprint density at radius 3 is 2.62 bits per heavy atom. The maximum absolute atomic E-state index is 13.1. The number of carbonyl (C=O) groups excluding carboxylic acids is 2. The van der Waals surface area contributed by atoms with Gasteiger partial charge in [0.2, 0.25) is 0 Å². The first-order valence-electron chi connectivity index (χ1n) is 9.91. The molecule has 0 aromatic carbocycles. The number of hydrogen-bond donors (Lipinski definition) is 0. The van der Waals surface area contributed by atoms with Crippen LogP contribution in [-0.4, -0.2) is 62.5 Å². The molecule has 8 nitrogen and oxygen atoms in total. The second-order valence-corrected chi connectivity index (χ2v) is 8.66. The summed E-state index contributed by atoms with van der Waals surface area (Å²) in [6.07, 6.45) is 5.39. The van der Waals surface area contributed by atoms with E-state index >= 15 is 0 Å². The number of ether oxygens (including phenoxy) is 1. The van der Waals surface area contributed by atoms with Gasteiger partial charge in [0, 0.05) is 43.0 Å². The summed E-state index contributed by atoms with van der Waals surface area (Å²) >= 11 is 0. The molecule has 2 aliphatic heterocycles. The van der Waals surface area contributed by atoms with Crippen LogP contribution in [0.1, 0.15) is 44.8 Å². The highest BCUT2D eigenvalue weighted by Crippen LogP contribution is 2.38. The van der Waals surface area contributed by atoms with E-state index in [-0.39, 0.29) is 35.9 Å². The van der Waals surface area contributed by atoms with Gasteiger partial charge in [-0.3, -0.25) is 9.78 Å². The lowest BCUT2D eigenvalue weighted by Gasteiger charge is -2.28. The van der Waals surface area contributed by atoms with Gasteiger partial charge in [-0.25, -0.2) is 9.78 Å². The first kappa shape index (κ1) is 19.4. The molecule has 4 heterocycles. The lowest BCUT2D eigenvalue weighted by atomic mass is 9.98. The molecule has 2 aliphatic rings. The minimum Gasteiger partial charge on any atom is -0.444 e. The summed E-state index contributed by atoms with van der Waals surface area (Å²) in [4.78, 5) is 37.3. The van der Waals surface area contributed by atoms with E-state index in [2.05, 4.69) is 9.97 Å². The molecule has 0 saturated carbocycles. The highest BCUT2D eigenvalue weighted by atomic mass is 16.6. The molecular formula is C21H26N4O4. The van der Waals surface area contributed by atoms with Gasteiger partial charge in [-0.15, -0.1) is 0 Å². The van der Waals surface area contributed by atoms with Crippen molar-refractivity contribution in [2.45, 2.75) is 51.8 Å². The third-order valence-corrected chi connectivity index (χ3v) is 5.64. The van der Waals surface area contributed by atoms with Gasteiger partial charge >= 0.3 is 12.0 Å². The molecule has 8 heteroatoms. The number of amides is 2. The largest absolute Gasteiger partial charge is 0.444 e. The molecular weight excluding hydrogens is 372 g/mol. The van der Waals surface area contributed by atoms with Crippen molar-refractivity contribution in [2.75, 3.05) is 13.1 Å². The summed E-state index contributed by atoms with van der Waals surface area (Å²) in [6.45, 7) is 8.68. The Morgan fingerprint density at radius 1 is 1.21 bits per heavy atom. The van der Waals surface area contributed by atoms with Crippen molar-refractivity contribution in [3.05, 3.63) is 36.6 Å². The van der Waals surface area contributed by atoms with Crippen LogP contribution in [0.4, 0.5) is 4.79 Å². The van der Waals surface area contributed by atoms with Crippen LogP contribution in [0.2, 0.25) is 0 Å².